The summed E-state index contributed by atoms with van der Waals surface area (Å²) in [6.07, 6.45) is 3.53. The normalized spacial score (nSPS) is 10.6. The molecule has 0 bridgehead atoms. The molecular weight excluding hydrogens is 124 g/mol. The minimum absolute atomic E-state index is 0.697. The van der Waals surface area contributed by atoms with E-state index in [1.54, 1.807) is 13.1 Å². The van der Waals surface area contributed by atoms with Gasteiger partial charge in [-0.2, -0.15) is 0 Å². The Morgan fingerprint density at radius 3 is 2.20 bits per heavy atom. The molecule has 0 aliphatic rings. The van der Waals surface area contributed by atoms with Crippen molar-refractivity contribution in [1.29, 1.82) is 0 Å². The van der Waals surface area contributed by atoms with Crippen LogP contribution in [0.1, 0.15) is 27.7 Å². The van der Waals surface area contributed by atoms with Crippen molar-refractivity contribution in [2.75, 3.05) is 0 Å². The fourth-order valence-corrected chi connectivity index (χ4v) is 0.223. The van der Waals surface area contributed by atoms with Crippen LogP contribution < -0.4 is 0 Å². The molecule has 0 aromatic rings. The fourth-order valence-electron chi connectivity index (χ4n) is 0.223. The Hall–Kier alpha value is -0.920. The average Bonchev–Trinajstić information content (AvgIpc) is 2.04. The van der Waals surface area contributed by atoms with Crippen LogP contribution in [-0.4, -0.2) is 12.6 Å². The number of hydrogen-bond donors (Lipinski definition) is 0. The van der Waals surface area contributed by atoms with E-state index in [0.717, 1.165) is 0 Å². The summed E-state index contributed by atoms with van der Waals surface area (Å²) in [5.74, 6) is 0.697. The van der Waals surface area contributed by atoms with Crippen LogP contribution in [0, 0.1) is 0 Å². The lowest BCUT2D eigenvalue weighted by Crippen LogP contribution is -1.78. The van der Waals surface area contributed by atoms with Crippen LogP contribution in [0.3, 0.4) is 0 Å². The average molecular weight is 140 g/mol. The van der Waals surface area contributed by atoms with Crippen molar-refractivity contribution in [3.8, 4) is 0 Å². The molecule has 0 saturated carbocycles. The standard InChI is InChI=1S/C6H10N2.C2H6/c1-4-5-8-6(2)7-3;1-2/h4-5H,3H2,1-2H3;1-2H3/b5-4-,8-6?;. The Morgan fingerprint density at radius 2 is 1.90 bits per heavy atom. The Bertz CT molecular complexity index is 123. The molecule has 2 nitrogen and oxygen atoms in total. The van der Waals surface area contributed by atoms with Crippen molar-refractivity contribution in [1.82, 2.24) is 0 Å². The van der Waals surface area contributed by atoms with E-state index in [0.29, 0.717) is 5.84 Å². The predicted molar refractivity (Wildman–Crippen MR) is 48.8 cm³/mol. The van der Waals surface area contributed by atoms with Crippen molar-refractivity contribution < 1.29 is 0 Å². The molecule has 0 aliphatic heterocycles. The van der Waals surface area contributed by atoms with E-state index in [1.165, 1.54) is 0 Å². The molecule has 0 aromatic carbocycles. The first-order valence-corrected chi connectivity index (χ1v) is 3.43. The molecule has 0 spiro atoms. The van der Waals surface area contributed by atoms with Gasteiger partial charge >= 0.3 is 0 Å². The van der Waals surface area contributed by atoms with Crippen LogP contribution in [0.25, 0.3) is 0 Å². The van der Waals surface area contributed by atoms with Gasteiger partial charge in [-0.05, 0) is 20.6 Å². The zero-order valence-electron chi connectivity index (χ0n) is 7.26. The Kier molecular flexibility index (Phi) is 13.0. The van der Waals surface area contributed by atoms with Gasteiger partial charge < -0.3 is 0 Å². The number of nitrogens with zero attached hydrogens (tertiary/aromatic N) is 2. The van der Waals surface area contributed by atoms with Crippen molar-refractivity contribution in [2.24, 2.45) is 9.98 Å². The maximum absolute atomic E-state index is 3.87. The lowest BCUT2D eigenvalue weighted by atomic mass is 10.6. The molecule has 0 N–H and O–H groups in total. The van der Waals surface area contributed by atoms with Crippen LogP contribution in [0.2, 0.25) is 0 Å². The van der Waals surface area contributed by atoms with E-state index in [1.807, 2.05) is 26.8 Å². The highest BCUT2D eigenvalue weighted by Crippen LogP contribution is 1.78. The Labute approximate surface area is 63.4 Å². The third kappa shape index (κ3) is 10.1. The number of rotatable bonds is 1. The lowest BCUT2D eigenvalue weighted by molar-refractivity contribution is 1.45. The van der Waals surface area contributed by atoms with Gasteiger partial charge in [0.15, 0.2) is 0 Å². The number of hydrogen-bond acceptors (Lipinski definition) is 1. The topological polar surface area (TPSA) is 24.7 Å². The monoisotopic (exact) mass is 140 g/mol. The first-order valence-electron chi connectivity index (χ1n) is 3.43. The van der Waals surface area contributed by atoms with Gasteiger partial charge in [0.05, 0.1) is 0 Å². The minimum atomic E-state index is 0.697. The third-order valence-electron chi connectivity index (χ3n) is 0.639. The molecule has 0 unspecified atom stereocenters. The van der Waals surface area contributed by atoms with Gasteiger partial charge in [0.2, 0.25) is 0 Å². The maximum atomic E-state index is 3.87. The molecule has 0 radical (unpaired) electrons. The van der Waals surface area contributed by atoms with E-state index in [4.69, 9.17) is 0 Å². The van der Waals surface area contributed by atoms with Crippen LogP contribution in [0.4, 0.5) is 0 Å². The van der Waals surface area contributed by atoms with E-state index in [-0.39, 0.29) is 0 Å². The smallest absolute Gasteiger partial charge is 0.124 e. The summed E-state index contributed by atoms with van der Waals surface area (Å²) in [5.41, 5.74) is 0. The van der Waals surface area contributed by atoms with Crippen molar-refractivity contribution >= 4 is 12.6 Å². The van der Waals surface area contributed by atoms with E-state index >= 15 is 0 Å². The summed E-state index contributed by atoms with van der Waals surface area (Å²) in [4.78, 5) is 7.44. The summed E-state index contributed by atoms with van der Waals surface area (Å²) in [6.45, 7) is 11.0. The highest BCUT2D eigenvalue weighted by molar-refractivity contribution is 5.84. The first-order chi connectivity index (χ1) is 4.81. The number of allylic oxidation sites excluding steroid dienone is 1. The Balaban J connectivity index is 0. The van der Waals surface area contributed by atoms with Crippen molar-refractivity contribution in [3.05, 3.63) is 12.3 Å². The molecule has 10 heavy (non-hydrogen) atoms. The van der Waals surface area contributed by atoms with Gasteiger partial charge in [0, 0.05) is 6.20 Å². The molecule has 58 valence electrons. The molecule has 0 atom stereocenters. The van der Waals surface area contributed by atoms with Crippen LogP contribution in [-0.2, 0) is 0 Å². The number of amidine groups is 1. The first kappa shape index (κ1) is 11.8. The molecule has 0 heterocycles. The highest BCUT2D eigenvalue weighted by Gasteiger charge is 1.72. The van der Waals surface area contributed by atoms with Gasteiger partial charge in [-0.15, -0.1) is 0 Å². The summed E-state index contributed by atoms with van der Waals surface area (Å²) >= 11 is 0. The second-order valence-corrected chi connectivity index (χ2v) is 1.32. The lowest BCUT2D eigenvalue weighted by Gasteiger charge is -1.80. The molecule has 0 amide bonds. The molecule has 0 saturated heterocycles. The van der Waals surface area contributed by atoms with Gasteiger partial charge in [0.1, 0.15) is 5.84 Å². The summed E-state index contributed by atoms with van der Waals surface area (Å²) in [5, 5.41) is 0. The van der Waals surface area contributed by atoms with Crippen LogP contribution >= 0.6 is 0 Å². The van der Waals surface area contributed by atoms with Crippen molar-refractivity contribution in [2.45, 2.75) is 27.7 Å². The van der Waals surface area contributed by atoms with Crippen molar-refractivity contribution in [3.63, 3.8) is 0 Å². The molecule has 2 heteroatoms. The summed E-state index contributed by atoms with van der Waals surface area (Å²) in [7, 11) is 0. The minimum Gasteiger partial charge on any atom is -0.250 e. The van der Waals surface area contributed by atoms with Gasteiger partial charge in [-0.1, -0.05) is 19.9 Å². The largest absolute Gasteiger partial charge is 0.250 e. The highest BCUT2D eigenvalue weighted by atomic mass is 14.9. The Morgan fingerprint density at radius 1 is 1.40 bits per heavy atom. The maximum Gasteiger partial charge on any atom is 0.124 e. The molecule has 0 fully saturated rings. The summed E-state index contributed by atoms with van der Waals surface area (Å²) < 4.78 is 0. The fraction of sp³-hybridized carbons (Fsp3) is 0.500. The predicted octanol–water partition coefficient (Wildman–Crippen LogP) is 2.67. The SMILES string of the molecule is C=NC(C)=N/C=C\C.CC. The third-order valence-corrected chi connectivity index (χ3v) is 0.639. The molecule has 0 aromatic heterocycles. The van der Waals surface area contributed by atoms with E-state index < -0.39 is 0 Å². The molecule has 0 aliphatic carbocycles. The molecule has 0 rings (SSSR count). The van der Waals surface area contributed by atoms with Gasteiger partial charge in [-0.25, -0.2) is 9.98 Å². The van der Waals surface area contributed by atoms with E-state index in [2.05, 4.69) is 16.7 Å². The second-order valence-electron chi connectivity index (χ2n) is 1.32. The van der Waals surface area contributed by atoms with Gasteiger partial charge in [0.25, 0.3) is 0 Å². The second kappa shape index (κ2) is 11.0. The van der Waals surface area contributed by atoms with Crippen LogP contribution in [0.15, 0.2) is 22.3 Å². The number of aliphatic imine (C=N–C) groups is 2. The quantitative estimate of drug-likeness (QED) is 0.395. The van der Waals surface area contributed by atoms with Gasteiger partial charge in [-0.3, -0.25) is 0 Å². The molecular formula is C8H16N2. The van der Waals surface area contributed by atoms with E-state index in [9.17, 15) is 0 Å². The van der Waals surface area contributed by atoms with Crippen LogP contribution in [0.5, 0.6) is 0 Å². The summed E-state index contributed by atoms with van der Waals surface area (Å²) in [6, 6.07) is 0. The zero-order valence-corrected chi connectivity index (χ0v) is 7.26. The zero-order chi connectivity index (χ0) is 8.41.